The Hall–Kier alpha value is -3.59. The van der Waals surface area contributed by atoms with Gasteiger partial charge in [0.1, 0.15) is 11.9 Å². The molecule has 1 saturated carbocycles. The molecule has 15 heteroatoms. The van der Waals surface area contributed by atoms with Crippen molar-refractivity contribution in [3.05, 3.63) is 42.2 Å². The van der Waals surface area contributed by atoms with Gasteiger partial charge >= 0.3 is 6.09 Å². The summed E-state index contributed by atoms with van der Waals surface area (Å²) < 4.78 is 79.6. The van der Waals surface area contributed by atoms with Crippen LogP contribution in [0.15, 0.2) is 41.3 Å². The van der Waals surface area contributed by atoms with Gasteiger partial charge in [0.15, 0.2) is 11.6 Å². The lowest BCUT2D eigenvalue weighted by atomic mass is 10.0. The first-order valence-corrected chi connectivity index (χ1v) is 14.5. The minimum atomic E-state index is -4.36. The molecule has 38 heavy (non-hydrogen) atoms. The molecule has 1 aliphatic heterocycles. The smallest absolute Gasteiger partial charge is 0.409 e. The third-order valence-corrected chi connectivity index (χ3v) is 9.73. The number of carbonyl (C=O) groups excluding carboxylic acids is 1. The fourth-order valence-corrected chi connectivity index (χ4v) is 6.91. The Bertz CT molecular complexity index is 1480. The molecular formula is C23H26FN3O9S2. The highest BCUT2D eigenvalue weighted by molar-refractivity contribution is 7.92. The lowest BCUT2D eigenvalue weighted by Crippen LogP contribution is -2.45. The van der Waals surface area contributed by atoms with Crippen LogP contribution in [0.1, 0.15) is 26.2 Å². The average Bonchev–Trinajstić information content (AvgIpc) is 3.69. The number of hydrogen-bond acceptors (Lipinski definition) is 8. The normalized spacial score (nSPS) is 18.1. The number of hydrogen-bond donors (Lipinski definition) is 3. The van der Waals surface area contributed by atoms with Gasteiger partial charge in [0.05, 0.1) is 29.5 Å². The molecule has 1 fully saturated rings. The number of rotatable bonds is 9. The van der Waals surface area contributed by atoms with E-state index in [-0.39, 0.29) is 40.7 Å². The van der Waals surface area contributed by atoms with Gasteiger partial charge in [0, 0.05) is 17.7 Å². The summed E-state index contributed by atoms with van der Waals surface area (Å²) >= 11 is 0. The van der Waals surface area contributed by atoms with Gasteiger partial charge in [-0.25, -0.2) is 26.0 Å². The Kier molecular flexibility index (Phi) is 7.43. The quantitative estimate of drug-likeness (QED) is 0.409. The van der Waals surface area contributed by atoms with Crippen molar-refractivity contribution in [1.82, 2.24) is 4.72 Å². The SMILES string of the molecule is COc1cc(S(=O)(=O)N2C[C@H](CC(C)C(=O)NS(=O)(=O)C3CC3)Oc3ccc(NC(=O)O)cc32)ccc1F. The van der Waals surface area contributed by atoms with Crippen LogP contribution in [0.2, 0.25) is 0 Å². The molecule has 2 aromatic carbocycles. The molecule has 206 valence electrons. The topological polar surface area (TPSA) is 168 Å². The summed E-state index contributed by atoms with van der Waals surface area (Å²) in [6, 6.07) is 7.06. The van der Waals surface area contributed by atoms with Crippen LogP contribution in [0.3, 0.4) is 0 Å². The number of nitrogens with one attached hydrogen (secondary N) is 2. The Morgan fingerprint density at radius 3 is 2.53 bits per heavy atom. The number of carboxylic acid groups (broad SMARTS) is 1. The molecule has 0 bridgehead atoms. The highest BCUT2D eigenvalue weighted by Crippen LogP contribution is 2.40. The van der Waals surface area contributed by atoms with E-state index >= 15 is 0 Å². The molecule has 3 N–H and O–H groups in total. The molecule has 2 aliphatic rings. The molecule has 2 aromatic rings. The summed E-state index contributed by atoms with van der Waals surface area (Å²) in [6.45, 7) is 1.21. The van der Waals surface area contributed by atoms with E-state index in [0.717, 1.165) is 22.5 Å². The maximum atomic E-state index is 14.0. The molecule has 4 rings (SSSR count). The van der Waals surface area contributed by atoms with Gasteiger partial charge in [-0.05, 0) is 49.6 Å². The van der Waals surface area contributed by atoms with E-state index in [1.807, 2.05) is 0 Å². The third-order valence-electron chi connectivity index (χ3n) is 6.12. The van der Waals surface area contributed by atoms with E-state index in [4.69, 9.17) is 14.6 Å². The number of carbonyl (C=O) groups is 2. The number of fused-ring (bicyclic) bond motifs is 1. The van der Waals surface area contributed by atoms with Crippen LogP contribution in [0.4, 0.5) is 20.6 Å². The van der Waals surface area contributed by atoms with Crippen molar-refractivity contribution in [3.63, 3.8) is 0 Å². The number of ether oxygens (including phenoxy) is 2. The number of sulfonamides is 2. The van der Waals surface area contributed by atoms with Crippen molar-refractivity contribution in [3.8, 4) is 11.5 Å². The maximum Gasteiger partial charge on any atom is 0.409 e. The van der Waals surface area contributed by atoms with E-state index < -0.39 is 55.1 Å². The van der Waals surface area contributed by atoms with Gasteiger partial charge in [-0.15, -0.1) is 0 Å². The van der Waals surface area contributed by atoms with E-state index in [9.17, 15) is 30.8 Å². The van der Waals surface area contributed by atoms with E-state index in [1.54, 1.807) is 0 Å². The van der Waals surface area contributed by atoms with Gasteiger partial charge in [-0.3, -0.25) is 19.1 Å². The fourth-order valence-electron chi connectivity index (χ4n) is 4.00. The van der Waals surface area contributed by atoms with Gasteiger partial charge in [0.2, 0.25) is 15.9 Å². The second-order valence-corrected chi connectivity index (χ2v) is 12.9. The van der Waals surface area contributed by atoms with Crippen molar-refractivity contribution in [2.45, 2.75) is 42.4 Å². The molecule has 0 saturated heterocycles. The van der Waals surface area contributed by atoms with Crippen LogP contribution < -0.4 is 23.8 Å². The predicted octanol–water partition coefficient (Wildman–Crippen LogP) is 2.52. The highest BCUT2D eigenvalue weighted by Gasteiger charge is 2.39. The van der Waals surface area contributed by atoms with Crippen LogP contribution in [-0.4, -0.2) is 59.0 Å². The lowest BCUT2D eigenvalue weighted by molar-refractivity contribution is -0.123. The first kappa shape index (κ1) is 27.4. The Balaban J connectivity index is 1.65. The summed E-state index contributed by atoms with van der Waals surface area (Å²) in [5.41, 5.74) is 0.0948. The minimum absolute atomic E-state index is 0.0178. The van der Waals surface area contributed by atoms with Gasteiger partial charge in [-0.2, -0.15) is 0 Å². The molecule has 0 spiro atoms. The van der Waals surface area contributed by atoms with Crippen LogP contribution in [0.25, 0.3) is 0 Å². The summed E-state index contributed by atoms with van der Waals surface area (Å²) in [5, 5.41) is 10.6. The molecule has 2 amide bonds. The zero-order valence-electron chi connectivity index (χ0n) is 20.4. The first-order chi connectivity index (χ1) is 17.8. The Labute approximate surface area is 218 Å². The van der Waals surface area contributed by atoms with Gasteiger partial charge < -0.3 is 14.6 Å². The van der Waals surface area contributed by atoms with Crippen molar-refractivity contribution >= 4 is 43.4 Å². The predicted molar refractivity (Wildman–Crippen MR) is 134 cm³/mol. The number of nitrogens with zero attached hydrogens (tertiary/aromatic N) is 1. The molecule has 0 radical (unpaired) electrons. The second-order valence-electron chi connectivity index (χ2n) is 9.03. The van der Waals surface area contributed by atoms with Crippen molar-refractivity contribution in [1.29, 1.82) is 0 Å². The second kappa shape index (κ2) is 10.3. The van der Waals surface area contributed by atoms with E-state index in [2.05, 4.69) is 10.0 Å². The standard InChI is InChI=1S/C23H26FN3O9S2/c1-13(22(28)26-37(31,32)16-4-5-16)9-15-12-27(19-10-14(25-23(29)30)3-8-20(19)36-15)38(33,34)17-6-7-18(24)21(11-17)35-2/h3,6-8,10-11,13,15-16,25H,4-5,9,12H2,1-2H3,(H,26,28)(H,29,30)/t13?,15-/m0/s1. The average molecular weight is 572 g/mol. The van der Waals surface area contributed by atoms with Crippen molar-refractivity contribution in [2.24, 2.45) is 5.92 Å². The van der Waals surface area contributed by atoms with Crippen LogP contribution >= 0.6 is 0 Å². The van der Waals surface area contributed by atoms with Gasteiger partial charge in [-0.1, -0.05) is 6.92 Å². The molecule has 1 heterocycles. The Morgan fingerprint density at radius 1 is 1.18 bits per heavy atom. The van der Waals surface area contributed by atoms with E-state index in [0.29, 0.717) is 12.8 Å². The Morgan fingerprint density at radius 2 is 1.89 bits per heavy atom. The van der Waals surface area contributed by atoms with Crippen LogP contribution in [0.5, 0.6) is 11.5 Å². The third kappa shape index (κ3) is 5.78. The lowest BCUT2D eigenvalue weighted by Gasteiger charge is -2.36. The summed E-state index contributed by atoms with van der Waals surface area (Å²) in [5.74, 6) is -2.54. The summed E-state index contributed by atoms with van der Waals surface area (Å²) in [6.07, 6.45) is -1.29. The zero-order valence-corrected chi connectivity index (χ0v) is 22.0. The largest absolute Gasteiger partial charge is 0.494 e. The highest BCUT2D eigenvalue weighted by atomic mass is 32.2. The molecule has 0 aromatic heterocycles. The van der Waals surface area contributed by atoms with Gasteiger partial charge in [0.25, 0.3) is 10.0 Å². The molecule has 1 unspecified atom stereocenters. The number of benzene rings is 2. The van der Waals surface area contributed by atoms with Crippen molar-refractivity contribution < 1.29 is 45.4 Å². The molecule has 1 aliphatic carbocycles. The van der Waals surface area contributed by atoms with E-state index in [1.165, 1.54) is 32.2 Å². The van der Waals surface area contributed by atoms with Crippen LogP contribution in [-0.2, 0) is 24.8 Å². The number of methoxy groups -OCH3 is 1. The van der Waals surface area contributed by atoms with Crippen LogP contribution in [0, 0.1) is 11.7 Å². The molecular weight excluding hydrogens is 545 g/mol. The molecule has 12 nitrogen and oxygen atoms in total. The number of anilines is 2. The first-order valence-electron chi connectivity index (χ1n) is 11.5. The molecule has 2 atom stereocenters. The summed E-state index contributed by atoms with van der Waals surface area (Å²) in [4.78, 5) is 23.4. The van der Waals surface area contributed by atoms with Crippen molar-refractivity contribution in [2.75, 3.05) is 23.3 Å². The summed E-state index contributed by atoms with van der Waals surface area (Å²) in [7, 11) is -6.93. The maximum absolute atomic E-state index is 14.0. The monoisotopic (exact) mass is 571 g/mol. The number of amides is 2. The fraction of sp³-hybridized carbons (Fsp3) is 0.391. The number of halogens is 1. The zero-order chi connectivity index (χ0) is 27.8. The minimum Gasteiger partial charge on any atom is -0.494 e.